The molecule has 0 N–H and O–H groups in total. The Labute approximate surface area is 174 Å². The molecule has 4 nitrogen and oxygen atoms in total. The number of hydrogen-bond acceptors (Lipinski definition) is 3. The zero-order chi connectivity index (χ0) is 19.2. The van der Waals surface area contributed by atoms with Gasteiger partial charge in [-0.15, -0.1) is 0 Å². The summed E-state index contributed by atoms with van der Waals surface area (Å²) in [5.41, 5.74) is 2.26. The van der Waals surface area contributed by atoms with Crippen molar-refractivity contribution in [2.45, 2.75) is 19.6 Å². The number of amides is 1. The molecule has 0 aromatic heterocycles. The van der Waals surface area contributed by atoms with Crippen LogP contribution in [0.5, 0.6) is 5.75 Å². The highest BCUT2D eigenvalue weighted by molar-refractivity contribution is 9.10. The predicted octanol–water partition coefficient (Wildman–Crippen LogP) is 4.59. The lowest BCUT2D eigenvalue weighted by Gasteiger charge is -2.20. The van der Waals surface area contributed by atoms with E-state index < -0.39 is 0 Å². The summed E-state index contributed by atoms with van der Waals surface area (Å²) in [4.78, 5) is 15.0. The monoisotopic (exact) mass is 450 g/mol. The molecule has 27 heavy (non-hydrogen) atoms. The van der Waals surface area contributed by atoms with Crippen LogP contribution in [0.3, 0.4) is 0 Å². The van der Waals surface area contributed by atoms with Crippen LogP contribution < -0.4 is 4.74 Å². The van der Waals surface area contributed by atoms with Gasteiger partial charge in [-0.1, -0.05) is 39.7 Å². The molecule has 0 spiro atoms. The Bertz CT molecular complexity index is 769. The summed E-state index contributed by atoms with van der Waals surface area (Å²) in [6, 6.07) is 13.9. The van der Waals surface area contributed by atoms with Crippen LogP contribution in [0.1, 0.15) is 17.5 Å². The average molecular weight is 452 g/mol. The van der Waals surface area contributed by atoms with Crippen molar-refractivity contribution in [3.8, 4) is 5.75 Å². The van der Waals surface area contributed by atoms with Gasteiger partial charge in [0.1, 0.15) is 12.4 Å². The smallest absolute Gasteiger partial charge is 0.209 e. The van der Waals surface area contributed by atoms with Gasteiger partial charge in [-0.2, -0.15) is 0 Å². The molecular weight excluding hydrogens is 428 g/mol. The summed E-state index contributed by atoms with van der Waals surface area (Å²) in [5, 5.41) is 0.729. The fraction of sp³-hybridized carbons (Fsp3) is 0.381. The second-order valence-electron chi connectivity index (χ2n) is 7.10. The Morgan fingerprint density at radius 2 is 2.07 bits per heavy atom. The minimum Gasteiger partial charge on any atom is -0.489 e. The van der Waals surface area contributed by atoms with Gasteiger partial charge in [-0.05, 0) is 54.8 Å². The molecule has 1 amide bonds. The molecule has 1 fully saturated rings. The minimum absolute atomic E-state index is 0.512. The number of rotatable bonds is 8. The fourth-order valence-corrected chi connectivity index (χ4v) is 3.99. The summed E-state index contributed by atoms with van der Waals surface area (Å²) in [7, 11) is 1.84. The summed E-state index contributed by atoms with van der Waals surface area (Å²) in [5.74, 6) is 1.44. The lowest BCUT2D eigenvalue weighted by Crippen LogP contribution is -2.27. The molecule has 0 radical (unpaired) electrons. The molecule has 144 valence electrons. The van der Waals surface area contributed by atoms with Crippen LogP contribution in [0.25, 0.3) is 0 Å². The topological polar surface area (TPSA) is 32.8 Å². The molecule has 2 aromatic carbocycles. The number of halogens is 2. The van der Waals surface area contributed by atoms with Gasteiger partial charge in [0.05, 0.1) is 0 Å². The van der Waals surface area contributed by atoms with Crippen LogP contribution in [0.4, 0.5) is 0 Å². The molecule has 1 aliphatic rings. The van der Waals surface area contributed by atoms with Crippen molar-refractivity contribution in [2.24, 2.45) is 5.92 Å². The molecule has 6 heteroatoms. The molecule has 2 aromatic rings. The van der Waals surface area contributed by atoms with Crippen LogP contribution in [-0.4, -0.2) is 42.9 Å². The van der Waals surface area contributed by atoms with Crippen molar-refractivity contribution >= 4 is 33.9 Å². The Morgan fingerprint density at radius 3 is 2.81 bits per heavy atom. The molecule has 0 bridgehead atoms. The number of hydrogen-bond donors (Lipinski definition) is 0. The van der Waals surface area contributed by atoms with E-state index in [0.717, 1.165) is 59.8 Å². The number of carbonyl (C=O) groups is 1. The van der Waals surface area contributed by atoms with Gasteiger partial charge >= 0.3 is 0 Å². The summed E-state index contributed by atoms with van der Waals surface area (Å²) >= 11 is 9.51. The van der Waals surface area contributed by atoms with Crippen molar-refractivity contribution in [1.29, 1.82) is 0 Å². The molecule has 3 rings (SSSR count). The van der Waals surface area contributed by atoms with Crippen LogP contribution in [0.2, 0.25) is 5.02 Å². The normalized spacial score (nSPS) is 17.1. The highest BCUT2D eigenvalue weighted by Gasteiger charge is 2.24. The number of benzene rings is 2. The lowest BCUT2D eigenvalue weighted by atomic mass is 10.1. The summed E-state index contributed by atoms with van der Waals surface area (Å²) in [6.07, 6.45) is 2.02. The van der Waals surface area contributed by atoms with E-state index >= 15 is 0 Å². The van der Waals surface area contributed by atoms with E-state index in [2.05, 4.69) is 26.9 Å². The Balaban J connectivity index is 1.62. The van der Waals surface area contributed by atoms with Gasteiger partial charge in [0.2, 0.25) is 6.41 Å². The third kappa shape index (κ3) is 5.96. The van der Waals surface area contributed by atoms with E-state index in [1.54, 1.807) is 4.90 Å². The van der Waals surface area contributed by atoms with E-state index in [9.17, 15) is 4.79 Å². The van der Waals surface area contributed by atoms with E-state index in [4.69, 9.17) is 16.3 Å². The molecule has 1 heterocycles. The lowest BCUT2D eigenvalue weighted by molar-refractivity contribution is -0.117. The van der Waals surface area contributed by atoms with Crippen molar-refractivity contribution in [2.75, 3.05) is 26.7 Å². The predicted molar refractivity (Wildman–Crippen MR) is 112 cm³/mol. The average Bonchev–Trinajstić information content (AvgIpc) is 3.09. The van der Waals surface area contributed by atoms with Crippen LogP contribution in [0, 0.1) is 5.92 Å². The van der Waals surface area contributed by atoms with Gasteiger partial charge in [0, 0.05) is 41.7 Å². The first-order chi connectivity index (χ1) is 13.0. The second-order valence-corrected chi connectivity index (χ2v) is 8.45. The standard InChI is InChI=1S/C21H24BrClN2O2/c1-24(15-26)11-17-8-9-25(12-17)13-18-10-19(22)4-7-21(18)27-14-16-2-5-20(23)6-3-16/h2-7,10,15,17H,8-9,11-14H2,1H3. The molecule has 0 aliphatic carbocycles. The fourth-order valence-electron chi connectivity index (χ4n) is 3.45. The minimum atomic E-state index is 0.512. The van der Waals surface area contributed by atoms with Crippen molar-refractivity contribution < 1.29 is 9.53 Å². The van der Waals surface area contributed by atoms with Crippen LogP contribution in [-0.2, 0) is 17.9 Å². The van der Waals surface area contributed by atoms with Gasteiger partial charge in [-0.25, -0.2) is 0 Å². The highest BCUT2D eigenvalue weighted by Crippen LogP contribution is 2.28. The van der Waals surface area contributed by atoms with Gasteiger partial charge in [-0.3, -0.25) is 9.69 Å². The Kier molecular flexibility index (Phi) is 7.16. The van der Waals surface area contributed by atoms with E-state index in [0.29, 0.717) is 12.5 Å². The Hall–Kier alpha value is -1.56. The quantitative estimate of drug-likeness (QED) is 0.550. The number of likely N-dealkylation sites (tertiary alicyclic amines) is 1. The largest absolute Gasteiger partial charge is 0.489 e. The maximum Gasteiger partial charge on any atom is 0.209 e. The number of nitrogens with zero attached hydrogens (tertiary/aromatic N) is 2. The summed E-state index contributed by atoms with van der Waals surface area (Å²) < 4.78 is 7.14. The molecule has 1 unspecified atom stereocenters. The highest BCUT2D eigenvalue weighted by atomic mass is 79.9. The molecule has 1 atom stereocenters. The molecule has 0 saturated carbocycles. The second kappa shape index (κ2) is 9.58. The van der Waals surface area contributed by atoms with Crippen molar-refractivity contribution in [3.63, 3.8) is 0 Å². The molecule has 1 saturated heterocycles. The van der Waals surface area contributed by atoms with Gasteiger partial charge in [0.25, 0.3) is 0 Å². The molecular formula is C21H24BrClN2O2. The third-order valence-corrected chi connectivity index (χ3v) is 5.57. The summed E-state index contributed by atoms with van der Waals surface area (Å²) in [6.45, 7) is 4.22. The zero-order valence-electron chi connectivity index (χ0n) is 15.4. The maximum absolute atomic E-state index is 10.8. The van der Waals surface area contributed by atoms with Crippen LogP contribution >= 0.6 is 27.5 Å². The number of ether oxygens (including phenoxy) is 1. The molecule has 1 aliphatic heterocycles. The van der Waals surface area contributed by atoms with E-state index in [1.165, 1.54) is 5.56 Å². The van der Waals surface area contributed by atoms with Gasteiger partial charge < -0.3 is 9.64 Å². The first kappa shape index (κ1) is 20.2. The van der Waals surface area contributed by atoms with E-state index in [-0.39, 0.29) is 0 Å². The van der Waals surface area contributed by atoms with Crippen LogP contribution in [0.15, 0.2) is 46.9 Å². The third-order valence-electron chi connectivity index (χ3n) is 4.82. The van der Waals surface area contributed by atoms with E-state index in [1.807, 2.05) is 43.4 Å². The first-order valence-electron chi connectivity index (χ1n) is 9.07. The van der Waals surface area contributed by atoms with Crippen molar-refractivity contribution in [1.82, 2.24) is 9.80 Å². The number of carbonyl (C=O) groups excluding carboxylic acids is 1. The zero-order valence-corrected chi connectivity index (χ0v) is 17.7. The maximum atomic E-state index is 10.8. The van der Waals surface area contributed by atoms with Crippen molar-refractivity contribution in [3.05, 3.63) is 63.1 Å². The Morgan fingerprint density at radius 1 is 1.30 bits per heavy atom. The first-order valence-corrected chi connectivity index (χ1v) is 10.2. The SMILES string of the molecule is CN(C=O)CC1CCN(Cc2cc(Br)ccc2OCc2ccc(Cl)cc2)C1. The van der Waals surface area contributed by atoms with Gasteiger partial charge in [0.15, 0.2) is 0 Å².